The molecule has 2 aromatic heterocycles. The summed E-state index contributed by atoms with van der Waals surface area (Å²) in [4.78, 5) is 30.0. The minimum Gasteiger partial charge on any atom is -0.305 e. The fourth-order valence-electron chi connectivity index (χ4n) is 5.19. The number of rotatable bonds is 7. The molecule has 1 aliphatic rings. The van der Waals surface area contributed by atoms with E-state index in [2.05, 4.69) is 10.1 Å². The van der Waals surface area contributed by atoms with Gasteiger partial charge in [0.2, 0.25) is 21.7 Å². The van der Waals surface area contributed by atoms with Crippen molar-refractivity contribution in [2.45, 2.75) is 23.9 Å². The van der Waals surface area contributed by atoms with Crippen molar-refractivity contribution in [2.75, 3.05) is 11.4 Å². The number of amides is 1. The number of aryl methyl sites for hydroxylation is 1. The molecule has 6 rings (SSSR count). The summed E-state index contributed by atoms with van der Waals surface area (Å²) >= 11 is 0. The van der Waals surface area contributed by atoms with Gasteiger partial charge in [-0.25, -0.2) is 39.4 Å². The lowest BCUT2D eigenvalue weighted by Gasteiger charge is -2.41. The van der Waals surface area contributed by atoms with Crippen molar-refractivity contribution < 1.29 is 39.6 Å². The Hall–Kier alpha value is -5.09. The predicted octanol–water partition coefficient (Wildman–Crippen LogP) is 4.83. The van der Waals surface area contributed by atoms with Gasteiger partial charge in [0.25, 0.3) is 5.56 Å². The zero-order chi connectivity index (χ0) is 33.8. The largest absolute Gasteiger partial charge is 0.305 e. The molecule has 47 heavy (non-hydrogen) atoms. The van der Waals surface area contributed by atoms with Crippen LogP contribution in [0.15, 0.2) is 76.7 Å². The van der Waals surface area contributed by atoms with Crippen LogP contribution in [-0.2, 0) is 28.4 Å². The van der Waals surface area contributed by atoms with Gasteiger partial charge in [0.15, 0.2) is 28.2 Å². The van der Waals surface area contributed by atoms with E-state index in [1.165, 1.54) is 49.8 Å². The Morgan fingerprint density at radius 3 is 2.11 bits per heavy atom. The van der Waals surface area contributed by atoms with Crippen molar-refractivity contribution in [1.29, 1.82) is 0 Å². The van der Waals surface area contributed by atoms with Crippen molar-refractivity contribution in [1.82, 2.24) is 19.1 Å². The Morgan fingerprint density at radius 2 is 1.51 bits per heavy atom. The third-order valence-corrected chi connectivity index (χ3v) is 9.75. The van der Waals surface area contributed by atoms with Crippen LogP contribution in [0.2, 0.25) is 0 Å². The highest BCUT2D eigenvalue weighted by atomic mass is 32.2. The number of anilines is 1. The molecule has 1 fully saturated rings. The molecule has 242 valence electrons. The van der Waals surface area contributed by atoms with Gasteiger partial charge in [-0.15, -0.1) is 0 Å². The quantitative estimate of drug-likeness (QED) is 0.139. The minimum absolute atomic E-state index is 0.142. The molecule has 0 unspecified atom stereocenters. The molecule has 1 amide bonds. The van der Waals surface area contributed by atoms with Gasteiger partial charge < -0.3 is 4.90 Å². The zero-order valence-corrected chi connectivity index (χ0v) is 24.9. The van der Waals surface area contributed by atoms with E-state index in [9.17, 15) is 44.3 Å². The van der Waals surface area contributed by atoms with Gasteiger partial charge in [-0.2, -0.15) is 9.40 Å². The predicted molar refractivity (Wildman–Crippen MR) is 156 cm³/mol. The van der Waals surface area contributed by atoms with Crippen LogP contribution >= 0.6 is 0 Å². The van der Waals surface area contributed by atoms with Crippen LogP contribution in [0.5, 0.6) is 0 Å². The second-order valence-corrected chi connectivity index (χ2v) is 12.5. The van der Waals surface area contributed by atoms with Gasteiger partial charge in [0.05, 0.1) is 23.8 Å². The molecule has 3 heterocycles. The number of aromatic nitrogens is 3. The number of sulfonamides is 1. The van der Waals surface area contributed by atoms with E-state index in [1.807, 2.05) is 0 Å². The Labute approximate surface area is 262 Å². The average Bonchev–Trinajstić information content (AvgIpc) is 3.03. The van der Waals surface area contributed by atoms with Gasteiger partial charge in [0.1, 0.15) is 11.9 Å². The maximum atomic E-state index is 14.6. The van der Waals surface area contributed by atoms with E-state index in [0.29, 0.717) is 26.5 Å². The van der Waals surface area contributed by atoms with Gasteiger partial charge in [0, 0.05) is 36.4 Å². The fraction of sp³-hybridized carbons (Fsp3) is 0.161. The second-order valence-electron chi connectivity index (χ2n) is 10.6. The Bertz CT molecular complexity index is 2200. The third kappa shape index (κ3) is 5.52. The average molecular weight is 674 g/mol. The van der Waals surface area contributed by atoms with Gasteiger partial charge >= 0.3 is 0 Å². The third-order valence-electron chi connectivity index (χ3n) is 7.82. The Kier molecular flexibility index (Phi) is 8.09. The van der Waals surface area contributed by atoms with Gasteiger partial charge in [-0.05, 0) is 48.4 Å². The van der Waals surface area contributed by atoms with E-state index in [1.54, 1.807) is 24.3 Å². The molecule has 0 aliphatic carbocycles. The summed E-state index contributed by atoms with van der Waals surface area (Å²) in [6.45, 7) is -0.715. The monoisotopic (exact) mass is 673 g/mol. The molecule has 0 radical (unpaired) electrons. The molecule has 0 N–H and O–H groups in total. The SMILES string of the molecule is Cn1ncc2cc(N(Cc3ccc(-c4ccc(F)cc4)cn3)C(=O)[C@H]3CCN3S(=O)(=O)c3c(F)c(F)c(F)c(F)c3F)ccc2c1=O. The van der Waals surface area contributed by atoms with Crippen molar-refractivity contribution in [2.24, 2.45) is 7.05 Å². The summed E-state index contributed by atoms with van der Waals surface area (Å²) in [6, 6.07) is 11.6. The van der Waals surface area contributed by atoms with Crippen LogP contribution in [-0.4, -0.2) is 46.0 Å². The normalized spacial score (nSPS) is 15.1. The second kappa shape index (κ2) is 11.9. The summed E-state index contributed by atoms with van der Waals surface area (Å²) in [5, 5.41) is 4.57. The van der Waals surface area contributed by atoms with Crippen LogP contribution in [0.25, 0.3) is 21.9 Å². The number of carbonyl (C=O) groups excluding carboxylic acids is 1. The smallest absolute Gasteiger partial charge is 0.274 e. The standard InChI is InChI=1S/C31H21F6N5O4S/c1-40-30(43)22-9-8-21(12-18(22)14-39-40)41(15-20-7-4-17(13-38-20)16-2-5-19(32)6-3-16)31(44)23-10-11-42(23)47(45,46)29-27(36)25(34)24(33)26(35)28(29)37/h2-9,12-14,23H,10-11,15H2,1H3/t23-/m1/s1. The van der Waals surface area contributed by atoms with Gasteiger partial charge in [-0.1, -0.05) is 18.2 Å². The molecule has 5 aromatic rings. The number of hydrogen-bond acceptors (Lipinski definition) is 6. The molecule has 0 spiro atoms. The molecule has 0 bridgehead atoms. The van der Waals surface area contributed by atoms with Crippen LogP contribution in [0.4, 0.5) is 32.0 Å². The van der Waals surface area contributed by atoms with E-state index in [0.717, 1.165) is 9.58 Å². The fourth-order valence-corrected chi connectivity index (χ4v) is 6.93. The van der Waals surface area contributed by atoms with Crippen molar-refractivity contribution >= 4 is 32.4 Å². The number of nitrogens with zero attached hydrogens (tertiary/aromatic N) is 5. The van der Waals surface area contributed by atoms with E-state index in [4.69, 9.17) is 0 Å². The number of carbonyl (C=O) groups is 1. The highest BCUT2D eigenvalue weighted by Gasteiger charge is 2.48. The topological polar surface area (TPSA) is 105 Å². The van der Waals surface area contributed by atoms with Crippen LogP contribution in [0.3, 0.4) is 0 Å². The lowest BCUT2D eigenvalue weighted by molar-refractivity contribution is -0.125. The van der Waals surface area contributed by atoms with Crippen molar-refractivity contribution in [3.63, 3.8) is 0 Å². The summed E-state index contributed by atoms with van der Waals surface area (Å²) < 4.78 is 112. The Balaban J connectivity index is 1.38. The number of pyridine rings is 1. The van der Waals surface area contributed by atoms with Gasteiger partial charge in [-0.3, -0.25) is 14.6 Å². The summed E-state index contributed by atoms with van der Waals surface area (Å²) in [7, 11) is -3.95. The van der Waals surface area contributed by atoms with E-state index >= 15 is 0 Å². The molecule has 0 saturated carbocycles. The number of fused-ring (bicyclic) bond motifs is 1. The first-order chi connectivity index (χ1) is 22.3. The van der Waals surface area contributed by atoms with E-state index in [-0.39, 0.29) is 24.0 Å². The maximum Gasteiger partial charge on any atom is 0.274 e. The molecule has 1 aliphatic heterocycles. The minimum atomic E-state index is -5.40. The first-order valence-electron chi connectivity index (χ1n) is 13.8. The molecule has 1 saturated heterocycles. The molecule has 9 nitrogen and oxygen atoms in total. The van der Waals surface area contributed by atoms with Crippen molar-refractivity contribution in [3.05, 3.63) is 118 Å². The number of halogens is 6. The molecule has 1 atom stereocenters. The maximum absolute atomic E-state index is 14.6. The summed E-state index contributed by atoms with van der Waals surface area (Å²) in [6.07, 6.45) is 2.71. The summed E-state index contributed by atoms with van der Waals surface area (Å²) in [5.74, 6) is -13.8. The lowest BCUT2D eigenvalue weighted by Crippen LogP contribution is -2.59. The molecular weight excluding hydrogens is 652 g/mol. The Morgan fingerprint density at radius 1 is 0.872 bits per heavy atom. The van der Waals surface area contributed by atoms with Crippen LogP contribution in [0, 0.1) is 34.9 Å². The number of hydrogen-bond donors (Lipinski definition) is 0. The molecule has 3 aromatic carbocycles. The van der Waals surface area contributed by atoms with Crippen LogP contribution in [0.1, 0.15) is 12.1 Å². The van der Waals surface area contributed by atoms with Crippen LogP contribution < -0.4 is 10.5 Å². The highest BCUT2D eigenvalue weighted by molar-refractivity contribution is 7.89. The summed E-state index contributed by atoms with van der Waals surface area (Å²) in [5.41, 5.74) is 1.33. The first-order valence-corrected chi connectivity index (χ1v) is 15.2. The number of benzene rings is 3. The molecular formula is C31H21F6N5O4S. The van der Waals surface area contributed by atoms with Crippen molar-refractivity contribution in [3.8, 4) is 11.1 Å². The lowest BCUT2D eigenvalue weighted by atomic mass is 10.0. The first kappa shape index (κ1) is 31.9. The zero-order valence-electron chi connectivity index (χ0n) is 24.1. The highest BCUT2D eigenvalue weighted by Crippen LogP contribution is 2.35. The molecule has 16 heteroatoms. The van der Waals surface area contributed by atoms with E-state index < -0.39 is 73.9 Å².